The Morgan fingerprint density at radius 1 is 0.447 bits per heavy atom. The van der Waals surface area contributed by atoms with Gasteiger partial charge in [0.05, 0.1) is 18.3 Å². The van der Waals surface area contributed by atoms with Crippen molar-refractivity contribution in [2.24, 2.45) is 0 Å². The number of rotatable bonds is 34. The number of ether oxygens (including phenoxy) is 2. The fraction of sp³-hybridized carbons (Fsp3) is 0.814. The van der Waals surface area contributed by atoms with Crippen molar-refractivity contribution in [2.45, 2.75) is 199 Å². The number of hydroxylamine groups is 2. The average molecular weight is 658 g/mol. The Morgan fingerprint density at radius 2 is 0.809 bits per heavy atom. The second kappa shape index (κ2) is 34.7. The fourth-order valence-corrected chi connectivity index (χ4v) is 6.29. The second-order valence-corrected chi connectivity index (χ2v) is 14.0. The number of hydrogen-bond acceptors (Lipinski definition) is 4. The van der Waals surface area contributed by atoms with Gasteiger partial charge >= 0.3 is 0 Å². The van der Waals surface area contributed by atoms with Crippen LogP contribution >= 0.6 is 0 Å². The van der Waals surface area contributed by atoms with Crippen LogP contribution in [0.2, 0.25) is 0 Å². The molecule has 274 valence electrons. The lowest BCUT2D eigenvalue weighted by Crippen LogP contribution is -2.27. The van der Waals surface area contributed by atoms with Crippen LogP contribution in [0.15, 0.2) is 48.6 Å². The Balaban J connectivity index is 2.04. The van der Waals surface area contributed by atoms with E-state index in [1.54, 1.807) is 0 Å². The molecular weight excluding hydrogens is 578 g/mol. The summed E-state index contributed by atoms with van der Waals surface area (Å²) in [5, 5.41) is 1.83. The minimum Gasteiger partial charge on any atom is -0.375 e. The molecule has 0 aromatic carbocycles. The van der Waals surface area contributed by atoms with Gasteiger partial charge in [0.25, 0.3) is 0 Å². The molecule has 47 heavy (non-hydrogen) atoms. The van der Waals surface area contributed by atoms with E-state index in [4.69, 9.17) is 14.3 Å². The van der Waals surface area contributed by atoms with E-state index >= 15 is 0 Å². The van der Waals surface area contributed by atoms with Crippen molar-refractivity contribution in [1.82, 2.24) is 5.06 Å². The number of allylic oxidation sites excluding steroid dienone is 8. The zero-order valence-corrected chi connectivity index (χ0v) is 31.8. The van der Waals surface area contributed by atoms with E-state index in [9.17, 15) is 0 Å². The van der Waals surface area contributed by atoms with Crippen molar-refractivity contribution >= 4 is 0 Å². The highest BCUT2D eigenvalue weighted by Crippen LogP contribution is 2.29. The van der Waals surface area contributed by atoms with Crippen LogP contribution in [0.4, 0.5) is 0 Å². The van der Waals surface area contributed by atoms with Crippen molar-refractivity contribution in [3.05, 3.63) is 48.6 Å². The maximum atomic E-state index is 6.39. The topological polar surface area (TPSA) is 30.9 Å². The molecule has 0 spiro atoms. The molecule has 0 aromatic rings. The van der Waals surface area contributed by atoms with E-state index in [2.05, 4.69) is 62.5 Å². The van der Waals surface area contributed by atoms with E-state index < -0.39 is 0 Å². The minimum atomic E-state index is 0.170. The molecule has 1 aliphatic carbocycles. The Bertz CT molecular complexity index is 758. The molecule has 1 saturated carbocycles. The maximum absolute atomic E-state index is 6.39. The van der Waals surface area contributed by atoms with Crippen LogP contribution in [0, 0.1) is 0 Å². The summed E-state index contributed by atoms with van der Waals surface area (Å²) in [6.07, 6.45) is 51.7. The SMILES string of the molecule is CCCC/C=C\C/C=C\CCCCCCCCCO[C@@H]1C[C@H](ON(C)C)C[C@@H]1OCCCCCCCC/C=C\C/C=C\CCCCC. The summed E-state index contributed by atoms with van der Waals surface area (Å²) in [5.41, 5.74) is 0. The molecule has 0 aliphatic heterocycles. The Hall–Kier alpha value is -1.20. The van der Waals surface area contributed by atoms with Crippen molar-refractivity contribution < 1.29 is 14.3 Å². The van der Waals surface area contributed by atoms with Gasteiger partial charge in [0.2, 0.25) is 0 Å². The molecular formula is C43H79NO3. The lowest BCUT2D eigenvalue weighted by atomic mass is 10.1. The first-order chi connectivity index (χ1) is 23.2. The Kier molecular flexibility index (Phi) is 32.3. The molecule has 0 N–H and O–H groups in total. The van der Waals surface area contributed by atoms with Gasteiger partial charge in [0.1, 0.15) is 0 Å². The summed E-state index contributed by atoms with van der Waals surface area (Å²) in [4.78, 5) is 6.00. The molecule has 0 radical (unpaired) electrons. The molecule has 1 aliphatic rings. The summed E-state index contributed by atoms with van der Waals surface area (Å²) in [6, 6.07) is 0. The Morgan fingerprint density at radius 3 is 1.21 bits per heavy atom. The number of hydrogen-bond donors (Lipinski definition) is 0. The first-order valence-electron chi connectivity index (χ1n) is 20.3. The molecule has 1 rings (SSSR count). The lowest BCUT2D eigenvalue weighted by molar-refractivity contribution is -0.165. The lowest BCUT2D eigenvalue weighted by Gasteiger charge is -2.20. The quantitative estimate of drug-likeness (QED) is 0.0391. The molecule has 4 nitrogen and oxygen atoms in total. The molecule has 0 saturated heterocycles. The van der Waals surface area contributed by atoms with E-state index in [0.29, 0.717) is 0 Å². The van der Waals surface area contributed by atoms with Gasteiger partial charge in [0.15, 0.2) is 0 Å². The first-order valence-corrected chi connectivity index (χ1v) is 20.3. The highest BCUT2D eigenvalue weighted by molar-refractivity contribution is 4.93. The highest BCUT2D eigenvalue weighted by atomic mass is 16.7. The molecule has 3 atom stereocenters. The molecule has 0 unspecified atom stereocenters. The third-order valence-electron chi connectivity index (χ3n) is 9.12. The molecule has 0 bridgehead atoms. The van der Waals surface area contributed by atoms with E-state index in [-0.39, 0.29) is 18.3 Å². The monoisotopic (exact) mass is 658 g/mol. The smallest absolute Gasteiger partial charge is 0.0863 e. The second-order valence-electron chi connectivity index (χ2n) is 14.0. The normalized spacial score (nSPS) is 18.9. The summed E-state index contributed by atoms with van der Waals surface area (Å²) >= 11 is 0. The minimum absolute atomic E-state index is 0.170. The van der Waals surface area contributed by atoms with Gasteiger partial charge in [-0.05, 0) is 70.6 Å². The molecule has 0 aromatic heterocycles. The Labute approximate surface area is 293 Å². The predicted octanol–water partition coefficient (Wildman–Crippen LogP) is 13.0. The zero-order chi connectivity index (χ0) is 33.9. The van der Waals surface area contributed by atoms with Crippen molar-refractivity contribution in [1.29, 1.82) is 0 Å². The first kappa shape index (κ1) is 43.8. The molecule has 0 amide bonds. The van der Waals surface area contributed by atoms with Crippen molar-refractivity contribution in [3.8, 4) is 0 Å². The predicted molar refractivity (Wildman–Crippen MR) is 206 cm³/mol. The van der Waals surface area contributed by atoms with Crippen LogP contribution in [0.25, 0.3) is 0 Å². The number of unbranched alkanes of at least 4 members (excludes halogenated alkanes) is 18. The van der Waals surface area contributed by atoms with Gasteiger partial charge in [-0.2, -0.15) is 5.06 Å². The summed E-state index contributed by atoms with van der Waals surface area (Å²) in [6.45, 7) is 6.21. The van der Waals surface area contributed by atoms with Gasteiger partial charge in [0, 0.05) is 40.2 Å². The standard InChI is InChI=1S/C43H79NO3/c1-5-7-9-11-13-15-17-19-21-23-25-27-29-31-33-35-37-45-42-39-41(47-44(3)4)40-43(42)46-38-36-34-32-30-28-26-24-22-20-18-16-14-12-10-8-6-2/h11,13-14,16-17,19-20,22,41-43H,5-10,12,15,18,21,23-40H2,1-4H3/b13-11-,16-14-,19-17-,22-20-/t41-,42+,43-/m0/s1. The van der Waals surface area contributed by atoms with Gasteiger partial charge in [-0.3, -0.25) is 4.84 Å². The van der Waals surface area contributed by atoms with Crippen LogP contribution in [-0.2, 0) is 14.3 Å². The van der Waals surface area contributed by atoms with Crippen LogP contribution in [-0.4, -0.2) is 50.7 Å². The van der Waals surface area contributed by atoms with E-state index in [1.165, 1.54) is 128 Å². The van der Waals surface area contributed by atoms with Gasteiger partial charge in [-0.15, -0.1) is 0 Å². The van der Waals surface area contributed by atoms with Gasteiger partial charge in [-0.1, -0.05) is 146 Å². The zero-order valence-electron chi connectivity index (χ0n) is 31.8. The highest BCUT2D eigenvalue weighted by Gasteiger charge is 2.37. The summed E-state index contributed by atoms with van der Waals surface area (Å²) in [5.74, 6) is 0. The maximum Gasteiger partial charge on any atom is 0.0863 e. The van der Waals surface area contributed by atoms with E-state index in [0.717, 1.165) is 51.7 Å². The van der Waals surface area contributed by atoms with E-state index in [1.807, 2.05) is 19.2 Å². The third-order valence-corrected chi connectivity index (χ3v) is 9.12. The molecule has 1 fully saturated rings. The summed E-state index contributed by atoms with van der Waals surface area (Å²) < 4.78 is 12.8. The number of nitrogens with zero attached hydrogens (tertiary/aromatic N) is 1. The molecule has 4 heteroatoms. The van der Waals surface area contributed by atoms with Crippen LogP contribution < -0.4 is 0 Å². The average Bonchev–Trinajstić information content (AvgIpc) is 3.44. The van der Waals surface area contributed by atoms with Crippen molar-refractivity contribution in [2.75, 3.05) is 27.3 Å². The van der Waals surface area contributed by atoms with Gasteiger partial charge in [-0.25, -0.2) is 0 Å². The molecule has 0 heterocycles. The van der Waals surface area contributed by atoms with Crippen molar-refractivity contribution in [3.63, 3.8) is 0 Å². The van der Waals surface area contributed by atoms with Crippen LogP contribution in [0.1, 0.15) is 181 Å². The van der Waals surface area contributed by atoms with Crippen LogP contribution in [0.5, 0.6) is 0 Å². The fourth-order valence-electron chi connectivity index (χ4n) is 6.29. The van der Waals surface area contributed by atoms with Crippen LogP contribution in [0.3, 0.4) is 0 Å². The summed E-state index contributed by atoms with van der Waals surface area (Å²) in [7, 11) is 3.94. The largest absolute Gasteiger partial charge is 0.375 e. The third kappa shape index (κ3) is 29.4. The van der Waals surface area contributed by atoms with Gasteiger partial charge < -0.3 is 9.47 Å².